The van der Waals surface area contributed by atoms with Gasteiger partial charge in [0.25, 0.3) is 0 Å². The number of aromatic nitrogens is 2. The largest absolute Gasteiger partial charge is 0.295 e. The van der Waals surface area contributed by atoms with Gasteiger partial charge in [-0.15, -0.1) is 0 Å². The van der Waals surface area contributed by atoms with Crippen LogP contribution in [0.2, 0.25) is 0 Å². The van der Waals surface area contributed by atoms with E-state index in [2.05, 4.69) is 5.10 Å². The Morgan fingerprint density at radius 1 is 1.33 bits per heavy atom. The van der Waals surface area contributed by atoms with Crippen molar-refractivity contribution in [3.05, 3.63) is 41.8 Å². The second kappa shape index (κ2) is 4.72. The molecule has 1 aromatic heterocycles. The van der Waals surface area contributed by atoms with Gasteiger partial charge in [0.15, 0.2) is 5.78 Å². The molecule has 0 amide bonds. The SMILES string of the molecule is CC(=O)c1ccc(F)c(-c2ccnn2C(C)C)c1. The first kappa shape index (κ1) is 12.5. The van der Waals surface area contributed by atoms with Crippen LogP contribution in [0.15, 0.2) is 30.5 Å². The molecule has 0 saturated heterocycles. The zero-order chi connectivity index (χ0) is 13.3. The lowest BCUT2D eigenvalue weighted by atomic mass is 10.0. The summed E-state index contributed by atoms with van der Waals surface area (Å²) >= 11 is 0. The molecular weight excluding hydrogens is 231 g/mol. The third kappa shape index (κ3) is 2.18. The monoisotopic (exact) mass is 246 g/mol. The van der Waals surface area contributed by atoms with Crippen molar-refractivity contribution in [1.82, 2.24) is 9.78 Å². The number of carbonyl (C=O) groups is 1. The number of hydrogen-bond acceptors (Lipinski definition) is 2. The highest BCUT2D eigenvalue weighted by molar-refractivity contribution is 5.95. The van der Waals surface area contributed by atoms with E-state index in [0.29, 0.717) is 16.8 Å². The van der Waals surface area contributed by atoms with Crippen LogP contribution >= 0.6 is 0 Å². The zero-order valence-electron chi connectivity index (χ0n) is 10.6. The lowest BCUT2D eigenvalue weighted by Crippen LogP contribution is -2.06. The molecule has 2 rings (SSSR count). The van der Waals surface area contributed by atoms with Crippen LogP contribution in [0.3, 0.4) is 0 Å². The average molecular weight is 246 g/mol. The van der Waals surface area contributed by atoms with Crippen molar-refractivity contribution in [2.45, 2.75) is 26.8 Å². The highest BCUT2D eigenvalue weighted by Gasteiger charge is 2.14. The molecule has 4 heteroatoms. The maximum absolute atomic E-state index is 13.9. The summed E-state index contributed by atoms with van der Waals surface area (Å²) in [4.78, 5) is 11.4. The van der Waals surface area contributed by atoms with Crippen LogP contribution in [0.1, 0.15) is 37.2 Å². The molecule has 0 aliphatic heterocycles. The molecule has 18 heavy (non-hydrogen) atoms. The molecule has 3 nitrogen and oxygen atoms in total. The first-order chi connectivity index (χ1) is 8.50. The lowest BCUT2D eigenvalue weighted by molar-refractivity contribution is 0.101. The molecule has 1 heterocycles. The lowest BCUT2D eigenvalue weighted by Gasteiger charge is -2.12. The van der Waals surface area contributed by atoms with Crippen molar-refractivity contribution in [3.63, 3.8) is 0 Å². The molecule has 1 aromatic carbocycles. The third-order valence-corrected chi connectivity index (χ3v) is 2.81. The van der Waals surface area contributed by atoms with E-state index in [-0.39, 0.29) is 17.6 Å². The smallest absolute Gasteiger partial charge is 0.159 e. The number of carbonyl (C=O) groups excluding carboxylic acids is 1. The minimum Gasteiger partial charge on any atom is -0.295 e. The number of rotatable bonds is 3. The van der Waals surface area contributed by atoms with Crippen LogP contribution < -0.4 is 0 Å². The van der Waals surface area contributed by atoms with Crippen LogP contribution in [0.5, 0.6) is 0 Å². The number of benzene rings is 1. The van der Waals surface area contributed by atoms with E-state index in [1.165, 1.54) is 19.1 Å². The zero-order valence-corrected chi connectivity index (χ0v) is 10.6. The number of nitrogens with zero attached hydrogens (tertiary/aromatic N) is 2. The summed E-state index contributed by atoms with van der Waals surface area (Å²) in [6.45, 7) is 5.42. The standard InChI is InChI=1S/C14H15FN2O/c1-9(2)17-14(6-7-16-17)12-8-11(10(3)18)4-5-13(12)15/h4-9H,1-3H3. The molecule has 0 bridgehead atoms. The Morgan fingerprint density at radius 3 is 2.67 bits per heavy atom. The summed E-state index contributed by atoms with van der Waals surface area (Å²) in [5, 5.41) is 4.17. The Balaban J connectivity index is 2.59. The Morgan fingerprint density at radius 2 is 2.06 bits per heavy atom. The first-order valence-corrected chi connectivity index (χ1v) is 5.85. The Kier molecular flexibility index (Phi) is 3.28. The van der Waals surface area contributed by atoms with E-state index in [0.717, 1.165) is 0 Å². The molecule has 0 spiro atoms. The van der Waals surface area contributed by atoms with Gasteiger partial charge >= 0.3 is 0 Å². The van der Waals surface area contributed by atoms with Crippen molar-refractivity contribution < 1.29 is 9.18 Å². The van der Waals surface area contributed by atoms with Gasteiger partial charge in [0.05, 0.1) is 5.69 Å². The van der Waals surface area contributed by atoms with E-state index in [4.69, 9.17) is 0 Å². The van der Waals surface area contributed by atoms with Crippen LogP contribution in [-0.2, 0) is 0 Å². The predicted octanol–water partition coefficient (Wildman–Crippen LogP) is 3.47. The highest BCUT2D eigenvalue weighted by atomic mass is 19.1. The Labute approximate surface area is 105 Å². The molecular formula is C14H15FN2O. The van der Waals surface area contributed by atoms with E-state index in [1.54, 1.807) is 23.0 Å². The number of halogens is 1. The van der Waals surface area contributed by atoms with Gasteiger partial charge in [-0.05, 0) is 45.0 Å². The van der Waals surface area contributed by atoms with Gasteiger partial charge in [-0.2, -0.15) is 5.10 Å². The number of hydrogen-bond donors (Lipinski definition) is 0. The van der Waals surface area contributed by atoms with Crippen molar-refractivity contribution in [1.29, 1.82) is 0 Å². The van der Waals surface area contributed by atoms with E-state index in [9.17, 15) is 9.18 Å². The second-order valence-corrected chi connectivity index (χ2v) is 4.51. The fraction of sp³-hybridized carbons (Fsp3) is 0.286. The highest BCUT2D eigenvalue weighted by Crippen LogP contribution is 2.26. The summed E-state index contributed by atoms with van der Waals surface area (Å²) < 4.78 is 15.6. The van der Waals surface area contributed by atoms with Crippen LogP contribution in [-0.4, -0.2) is 15.6 Å². The minimum atomic E-state index is -0.345. The van der Waals surface area contributed by atoms with Gasteiger partial charge in [0, 0.05) is 23.4 Å². The Bertz CT molecular complexity index is 587. The van der Waals surface area contributed by atoms with Crippen molar-refractivity contribution >= 4 is 5.78 Å². The molecule has 0 atom stereocenters. The molecule has 0 fully saturated rings. The third-order valence-electron chi connectivity index (χ3n) is 2.81. The fourth-order valence-electron chi connectivity index (χ4n) is 1.88. The maximum Gasteiger partial charge on any atom is 0.159 e. The van der Waals surface area contributed by atoms with Crippen LogP contribution in [0, 0.1) is 5.82 Å². The van der Waals surface area contributed by atoms with Crippen molar-refractivity contribution in [3.8, 4) is 11.3 Å². The van der Waals surface area contributed by atoms with Gasteiger partial charge in [0.2, 0.25) is 0 Å². The summed E-state index contributed by atoms with van der Waals surface area (Å²) in [6, 6.07) is 6.28. The number of ketones is 1. The second-order valence-electron chi connectivity index (χ2n) is 4.51. The van der Waals surface area contributed by atoms with Crippen molar-refractivity contribution in [2.75, 3.05) is 0 Å². The normalized spacial score (nSPS) is 10.9. The van der Waals surface area contributed by atoms with Crippen molar-refractivity contribution in [2.24, 2.45) is 0 Å². The molecule has 94 valence electrons. The number of Topliss-reactive ketones (excluding diaryl/α,β-unsaturated/α-hetero) is 1. The molecule has 0 unspecified atom stereocenters. The van der Waals surface area contributed by atoms with Gasteiger partial charge in [-0.1, -0.05) is 0 Å². The molecule has 0 aliphatic carbocycles. The summed E-state index contributed by atoms with van der Waals surface area (Å²) in [5.41, 5.74) is 1.60. The quantitative estimate of drug-likeness (QED) is 0.777. The topological polar surface area (TPSA) is 34.9 Å². The van der Waals surface area contributed by atoms with Gasteiger partial charge in [0.1, 0.15) is 5.82 Å². The summed E-state index contributed by atoms with van der Waals surface area (Å²) in [6.07, 6.45) is 1.63. The molecule has 0 N–H and O–H groups in total. The minimum absolute atomic E-state index is 0.0770. The predicted molar refractivity (Wildman–Crippen MR) is 68.0 cm³/mol. The van der Waals surface area contributed by atoms with Gasteiger partial charge in [-0.25, -0.2) is 4.39 Å². The fourth-order valence-corrected chi connectivity index (χ4v) is 1.88. The van der Waals surface area contributed by atoms with Gasteiger partial charge < -0.3 is 0 Å². The van der Waals surface area contributed by atoms with Gasteiger partial charge in [-0.3, -0.25) is 9.48 Å². The summed E-state index contributed by atoms with van der Waals surface area (Å²) in [5.74, 6) is -0.422. The molecule has 0 saturated carbocycles. The first-order valence-electron chi connectivity index (χ1n) is 5.85. The average Bonchev–Trinajstić information content (AvgIpc) is 2.78. The Hall–Kier alpha value is -1.97. The van der Waals surface area contributed by atoms with E-state index >= 15 is 0 Å². The maximum atomic E-state index is 13.9. The van der Waals surface area contributed by atoms with E-state index in [1.807, 2.05) is 13.8 Å². The summed E-state index contributed by atoms with van der Waals surface area (Å²) in [7, 11) is 0. The van der Waals surface area contributed by atoms with Crippen LogP contribution in [0.4, 0.5) is 4.39 Å². The molecule has 0 aliphatic rings. The van der Waals surface area contributed by atoms with E-state index < -0.39 is 0 Å². The van der Waals surface area contributed by atoms with Crippen LogP contribution in [0.25, 0.3) is 11.3 Å². The molecule has 2 aromatic rings. The molecule has 0 radical (unpaired) electrons.